The fourth-order valence-corrected chi connectivity index (χ4v) is 3.12. The lowest BCUT2D eigenvalue weighted by Gasteiger charge is -2.26. The summed E-state index contributed by atoms with van der Waals surface area (Å²) in [4.78, 5) is 9.91. The summed E-state index contributed by atoms with van der Waals surface area (Å²) < 4.78 is 5.40. The van der Waals surface area contributed by atoms with Crippen molar-refractivity contribution in [2.75, 3.05) is 31.6 Å². The lowest BCUT2D eigenvalue weighted by Crippen LogP contribution is -2.35. The smallest absolute Gasteiger partial charge is 0.137 e. The van der Waals surface area contributed by atoms with Crippen molar-refractivity contribution >= 4 is 16.7 Å². The summed E-state index contributed by atoms with van der Waals surface area (Å²) in [6.07, 6.45) is 3.78. The topological polar surface area (TPSA) is 53.2 Å². The molecule has 0 atom stereocenters. The molecule has 0 radical (unpaired) electrons. The highest BCUT2D eigenvalue weighted by Gasteiger charge is 2.10. The standard InChI is InChI=1S/C19H22N4O/c1-3-17(4-2-15(1)14-23-9-11-24-12-10-23)22-13-16-5-7-20-19-18(16)6-8-21-19/h1-8,22H,9-14H2,(H,20,21). The van der Waals surface area contributed by atoms with E-state index in [4.69, 9.17) is 4.74 Å². The van der Waals surface area contributed by atoms with Gasteiger partial charge in [0.2, 0.25) is 0 Å². The van der Waals surface area contributed by atoms with Crippen LogP contribution in [0.1, 0.15) is 11.1 Å². The number of aromatic amines is 1. The van der Waals surface area contributed by atoms with Gasteiger partial charge in [-0.1, -0.05) is 12.1 Å². The molecule has 124 valence electrons. The maximum atomic E-state index is 5.40. The number of H-pyrrole nitrogens is 1. The number of nitrogens with zero attached hydrogens (tertiary/aromatic N) is 2. The molecular weight excluding hydrogens is 300 g/mol. The van der Waals surface area contributed by atoms with Crippen LogP contribution in [0, 0.1) is 0 Å². The van der Waals surface area contributed by atoms with Crippen LogP contribution in [0.4, 0.5) is 5.69 Å². The molecule has 0 amide bonds. The van der Waals surface area contributed by atoms with Crippen molar-refractivity contribution < 1.29 is 4.74 Å². The predicted molar refractivity (Wildman–Crippen MR) is 96.0 cm³/mol. The molecule has 2 N–H and O–H groups in total. The zero-order chi connectivity index (χ0) is 16.2. The van der Waals surface area contributed by atoms with E-state index in [0.29, 0.717) is 0 Å². The van der Waals surface area contributed by atoms with Crippen LogP contribution in [0.15, 0.2) is 48.8 Å². The number of benzene rings is 1. The van der Waals surface area contributed by atoms with Gasteiger partial charge in [0.25, 0.3) is 0 Å². The van der Waals surface area contributed by atoms with E-state index >= 15 is 0 Å². The molecule has 5 nitrogen and oxygen atoms in total. The van der Waals surface area contributed by atoms with Crippen molar-refractivity contribution in [3.63, 3.8) is 0 Å². The first kappa shape index (κ1) is 15.2. The lowest BCUT2D eigenvalue weighted by molar-refractivity contribution is 0.0342. The third-order valence-electron chi connectivity index (χ3n) is 4.50. The van der Waals surface area contributed by atoms with Gasteiger partial charge in [-0.2, -0.15) is 0 Å². The monoisotopic (exact) mass is 322 g/mol. The number of aromatic nitrogens is 2. The molecule has 0 saturated carbocycles. The number of pyridine rings is 1. The second-order valence-corrected chi connectivity index (χ2v) is 6.15. The Kier molecular flexibility index (Phi) is 4.44. The highest BCUT2D eigenvalue weighted by atomic mass is 16.5. The largest absolute Gasteiger partial charge is 0.381 e. The molecule has 0 aliphatic carbocycles. The first-order chi connectivity index (χ1) is 11.9. The van der Waals surface area contributed by atoms with Gasteiger partial charge in [-0.3, -0.25) is 4.90 Å². The van der Waals surface area contributed by atoms with Crippen LogP contribution < -0.4 is 5.32 Å². The van der Waals surface area contributed by atoms with Gasteiger partial charge in [0.1, 0.15) is 5.65 Å². The third-order valence-corrected chi connectivity index (χ3v) is 4.50. The molecule has 5 heteroatoms. The summed E-state index contributed by atoms with van der Waals surface area (Å²) in [5, 5.41) is 4.67. The zero-order valence-corrected chi connectivity index (χ0v) is 13.7. The highest BCUT2D eigenvalue weighted by molar-refractivity contribution is 5.79. The molecule has 1 saturated heterocycles. The van der Waals surface area contributed by atoms with Gasteiger partial charge in [0, 0.05) is 49.6 Å². The van der Waals surface area contributed by atoms with Crippen molar-refractivity contribution in [2.45, 2.75) is 13.1 Å². The molecule has 0 unspecified atom stereocenters. The van der Waals surface area contributed by atoms with Gasteiger partial charge in [0.15, 0.2) is 0 Å². The van der Waals surface area contributed by atoms with Crippen LogP contribution in [0.3, 0.4) is 0 Å². The Morgan fingerprint density at radius 3 is 2.75 bits per heavy atom. The lowest BCUT2D eigenvalue weighted by atomic mass is 10.1. The van der Waals surface area contributed by atoms with Crippen LogP contribution in [0.5, 0.6) is 0 Å². The number of rotatable bonds is 5. The van der Waals surface area contributed by atoms with Crippen LogP contribution >= 0.6 is 0 Å². The average molecular weight is 322 g/mol. The fraction of sp³-hybridized carbons (Fsp3) is 0.316. The molecule has 1 aliphatic heterocycles. The Morgan fingerprint density at radius 2 is 1.92 bits per heavy atom. The molecule has 1 fully saturated rings. The fourth-order valence-electron chi connectivity index (χ4n) is 3.12. The number of hydrogen-bond acceptors (Lipinski definition) is 4. The Bertz CT molecular complexity index is 790. The van der Waals surface area contributed by atoms with Crippen LogP contribution in [-0.2, 0) is 17.8 Å². The van der Waals surface area contributed by atoms with Gasteiger partial charge < -0.3 is 15.0 Å². The maximum Gasteiger partial charge on any atom is 0.137 e. The van der Waals surface area contributed by atoms with Crippen LogP contribution in [0.25, 0.3) is 11.0 Å². The molecule has 1 aromatic carbocycles. The third kappa shape index (κ3) is 3.42. The van der Waals surface area contributed by atoms with Crippen LogP contribution in [0.2, 0.25) is 0 Å². The van der Waals surface area contributed by atoms with E-state index in [2.05, 4.69) is 56.6 Å². The van der Waals surface area contributed by atoms with Gasteiger partial charge in [-0.05, 0) is 35.4 Å². The molecule has 0 bridgehead atoms. The van der Waals surface area contributed by atoms with Crippen molar-refractivity contribution in [3.8, 4) is 0 Å². The number of ether oxygens (including phenoxy) is 1. The number of anilines is 1. The number of nitrogens with one attached hydrogen (secondary N) is 2. The second-order valence-electron chi connectivity index (χ2n) is 6.15. The van der Waals surface area contributed by atoms with Crippen molar-refractivity contribution in [1.29, 1.82) is 0 Å². The Balaban J connectivity index is 1.37. The maximum absolute atomic E-state index is 5.40. The van der Waals surface area contributed by atoms with E-state index < -0.39 is 0 Å². The Hall–Kier alpha value is -2.37. The van der Waals surface area contributed by atoms with Crippen molar-refractivity contribution in [3.05, 3.63) is 59.9 Å². The minimum absolute atomic E-state index is 0.791. The zero-order valence-electron chi connectivity index (χ0n) is 13.7. The summed E-state index contributed by atoms with van der Waals surface area (Å²) >= 11 is 0. The molecule has 2 aromatic heterocycles. The Labute approximate surface area is 141 Å². The van der Waals surface area contributed by atoms with Gasteiger partial charge in [-0.15, -0.1) is 0 Å². The van der Waals surface area contributed by atoms with Gasteiger partial charge >= 0.3 is 0 Å². The number of morpholine rings is 1. The summed E-state index contributed by atoms with van der Waals surface area (Å²) in [5.41, 5.74) is 4.68. The second kappa shape index (κ2) is 7.03. The molecular formula is C19H22N4O. The summed E-state index contributed by atoms with van der Waals surface area (Å²) in [5.74, 6) is 0. The van der Waals surface area contributed by atoms with E-state index in [0.717, 1.165) is 50.7 Å². The van der Waals surface area contributed by atoms with Crippen molar-refractivity contribution in [2.24, 2.45) is 0 Å². The van der Waals surface area contributed by atoms with E-state index in [-0.39, 0.29) is 0 Å². The van der Waals surface area contributed by atoms with E-state index in [1.54, 1.807) is 0 Å². The van der Waals surface area contributed by atoms with Crippen molar-refractivity contribution in [1.82, 2.24) is 14.9 Å². The quantitative estimate of drug-likeness (QED) is 0.758. The SMILES string of the molecule is c1cc(CNc2ccc(CN3CCOCC3)cc2)c2cc[nH]c2n1. The Morgan fingerprint density at radius 1 is 1.08 bits per heavy atom. The molecule has 3 heterocycles. The van der Waals surface area contributed by atoms with E-state index in [9.17, 15) is 0 Å². The van der Waals surface area contributed by atoms with E-state index in [1.807, 2.05) is 12.4 Å². The average Bonchev–Trinajstić information content (AvgIpc) is 3.11. The summed E-state index contributed by atoms with van der Waals surface area (Å²) in [6, 6.07) is 12.9. The van der Waals surface area contributed by atoms with Crippen LogP contribution in [-0.4, -0.2) is 41.2 Å². The molecule has 1 aliphatic rings. The first-order valence-corrected chi connectivity index (χ1v) is 8.42. The molecule has 0 spiro atoms. The molecule has 4 rings (SSSR count). The van der Waals surface area contributed by atoms with E-state index in [1.165, 1.54) is 16.5 Å². The minimum atomic E-state index is 0.791. The highest BCUT2D eigenvalue weighted by Crippen LogP contribution is 2.18. The normalized spacial score (nSPS) is 15.7. The van der Waals surface area contributed by atoms with Gasteiger partial charge in [0.05, 0.1) is 13.2 Å². The number of hydrogen-bond donors (Lipinski definition) is 2. The summed E-state index contributed by atoms with van der Waals surface area (Å²) in [6.45, 7) is 5.53. The molecule has 24 heavy (non-hydrogen) atoms. The summed E-state index contributed by atoms with van der Waals surface area (Å²) in [7, 11) is 0. The predicted octanol–water partition coefficient (Wildman–Crippen LogP) is 3.01. The number of fused-ring (bicyclic) bond motifs is 1. The van der Waals surface area contributed by atoms with Gasteiger partial charge in [-0.25, -0.2) is 4.98 Å². The first-order valence-electron chi connectivity index (χ1n) is 8.42. The minimum Gasteiger partial charge on any atom is -0.381 e. The molecule has 3 aromatic rings.